The minimum Gasteiger partial charge on any atom is -0.370 e. The number of fused-ring (bicyclic) bond motifs is 2. The molecule has 0 bridgehead atoms. The van der Waals surface area contributed by atoms with Crippen molar-refractivity contribution in [3.05, 3.63) is 82.8 Å². The van der Waals surface area contributed by atoms with E-state index in [4.69, 9.17) is 28.8 Å². The number of hydrogen-bond acceptors (Lipinski definition) is 11. The lowest BCUT2D eigenvalue weighted by Crippen LogP contribution is -2.60. The summed E-state index contributed by atoms with van der Waals surface area (Å²) >= 11 is 6.09. The van der Waals surface area contributed by atoms with E-state index in [0.717, 1.165) is 16.5 Å². The third-order valence-corrected chi connectivity index (χ3v) is 12.5. The van der Waals surface area contributed by atoms with Gasteiger partial charge in [-0.25, -0.2) is 4.68 Å². The van der Waals surface area contributed by atoms with Crippen LogP contribution in [0.25, 0.3) is 10.9 Å². The van der Waals surface area contributed by atoms with Gasteiger partial charge in [0.05, 0.1) is 30.6 Å². The van der Waals surface area contributed by atoms with Crippen LogP contribution in [0.15, 0.2) is 60.9 Å². The molecule has 22 heteroatoms. The first-order valence-electron chi connectivity index (χ1n) is 22.3. The Morgan fingerprint density at radius 1 is 0.896 bits per heavy atom. The third kappa shape index (κ3) is 12.9. The van der Waals surface area contributed by atoms with Crippen LogP contribution in [0.4, 0.5) is 0 Å². The van der Waals surface area contributed by atoms with Gasteiger partial charge in [0.25, 0.3) is 0 Å². The van der Waals surface area contributed by atoms with Gasteiger partial charge >= 0.3 is 0 Å². The lowest BCUT2D eigenvalue weighted by Gasteiger charge is -2.33. The van der Waals surface area contributed by atoms with E-state index in [0.29, 0.717) is 42.0 Å². The van der Waals surface area contributed by atoms with E-state index in [1.807, 2.05) is 36.4 Å². The number of rotatable bonds is 10. The van der Waals surface area contributed by atoms with Crippen molar-refractivity contribution in [3.8, 4) is 0 Å². The first-order valence-corrected chi connectivity index (χ1v) is 22.7. The first-order chi connectivity index (χ1) is 32.0. The van der Waals surface area contributed by atoms with E-state index in [2.05, 4.69) is 41.9 Å². The van der Waals surface area contributed by atoms with Gasteiger partial charge in [0.1, 0.15) is 30.2 Å². The van der Waals surface area contributed by atoms with E-state index in [-0.39, 0.29) is 32.4 Å². The van der Waals surface area contributed by atoms with Crippen LogP contribution in [0.5, 0.6) is 0 Å². The fourth-order valence-electron chi connectivity index (χ4n) is 8.31. The van der Waals surface area contributed by atoms with Gasteiger partial charge in [-0.15, -0.1) is 5.10 Å². The lowest BCUT2D eigenvalue weighted by atomic mass is 9.96. The molecular weight excluding hydrogens is 886 g/mol. The summed E-state index contributed by atoms with van der Waals surface area (Å²) in [6, 6.07) is 6.04. The molecule has 4 aromatic rings. The number of H-pyrrole nitrogens is 1. The minimum atomic E-state index is -1.58. The molecule has 12 N–H and O–H groups in total. The number of primary amides is 2. The van der Waals surface area contributed by atoms with Crippen molar-refractivity contribution in [2.24, 2.45) is 23.1 Å². The van der Waals surface area contributed by atoms with Crippen LogP contribution in [0, 0.1) is 5.92 Å². The minimum absolute atomic E-state index is 0.0127. The van der Waals surface area contributed by atoms with Crippen LogP contribution in [0.3, 0.4) is 0 Å². The molecule has 0 radical (unpaired) electrons. The van der Waals surface area contributed by atoms with Gasteiger partial charge in [0, 0.05) is 60.7 Å². The largest absolute Gasteiger partial charge is 0.370 e. The summed E-state index contributed by atoms with van der Waals surface area (Å²) in [5, 5.41) is 23.4. The number of carbonyl (C=O) groups excluding carboxylic acids is 8. The Hall–Kier alpha value is -6.87. The second-order valence-corrected chi connectivity index (χ2v) is 17.7. The van der Waals surface area contributed by atoms with E-state index >= 15 is 0 Å². The Bertz CT molecular complexity index is 2460. The predicted molar refractivity (Wildman–Crippen MR) is 245 cm³/mol. The van der Waals surface area contributed by atoms with Crippen molar-refractivity contribution >= 4 is 69.8 Å². The summed E-state index contributed by atoms with van der Waals surface area (Å²) in [5.74, 6) is -6.85. The van der Waals surface area contributed by atoms with Crippen molar-refractivity contribution in [2.45, 2.75) is 114 Å². The molecule has 358 valence electrons. The number of para-hydroxylation sites is 1. The number of amides is 8. The van der Waals surface area contributed by atoms with Crippen LogP contribution in [0.1, 0.15) is 81.7 Å². The number of nitrogens with zero attached hydrogens (tertiary/aromatic N) is 4. The van der Waals surface area contributed by atoms with E-state index in [1.54, 1.807) is 43.1 Å². The molecule has 2 saturated heterocycles. The molecule has 21 nitrogen and oxygen atoms in total. The zero-order valence-corrected chi connectivity index (χ0v) is 38.1. The average Bonchev–Trinajstić information content (AvgIpc) is 4.06. The molecule has 2 fully saturated rings. The van der Waals surface area contributed by atoms with Crippen molar-refractivity contribution in [1.82, 2.24) is 51.5 Å². The fourth-order valence-corrected chi connectivity index (χ4v) is 8.43. The van der Waals surface area contributed by atoms with Crippen LogP contribution in [-0.2, 0) is 51.2 Å². The number of benzene rings is 2. The predicted octanol–water partition coefficient (Wildman–Crippen LogP) is -0.248. The molecule has 8 atom stereocenters. The maximum absolute atomic E-state index is 15.0. The van der Waals surface area contributed by atoms with Crippen molar-refractivity contribution < 1.29 is 38.4 Å². The molecule has 0 spiro atoms. The summed E-state index contributed by atoms with van der Waals surface area (Å²) in [6.45, 7) is 3.56. The SMILES string of the molecule is CC[C@H](C)[C@@H]1NC(=O)[C@H](CC(N)=O)NC(=O)[C@@H](N)CC(=O)NCCCC[C@@H](C(N)=O)NC(=O)[C@H](Cc2c[nH]c3ccccc23)NC(=O)[C@@H]2C[C@H](n3cc(Cc4ccc(Cl)cc4)nn3)CN2C1=O. The molecule has 0 saturated carbocycles. The highest BCUT2D eigenvalue weighted by atomic mass is 35.5. The number of aromatic nitrogens is 4. The van der Waals surface area contributed by atoms with Gasteiger partial charge in [0.2, 0.25) is 47.3 Å². The Labute approximate surface area is 391 Å². The molecule has 2 aromatic carbocycles. The lowest BCUT2D eigenvalue weighted by molar-refractivity contribution is -0.143. The molecule has 0 aliphatic carbocycles. The van der Waals surface area contributed by atoms with Gasteiger partial charge in [-0.1, -0.05) is 67.4 Å². The van der Waals surface area contributed by atoms with Crippen LogP contribution in [-0.4, -0.2) is 121 Å². The zero-order valence-electron chi connectivity index (χ0n) is 37.3. The normalized spacial score (nSPS) is 24.7. The Morgan fingerprint density at radius 2 is 1.61 bits per heavy atom. The maximum Gasteiger partial charge on any atom is 0.246 e. The van der Waals surface area contributed by atoms with Crippen molar-refractivity contribution in [3.63, 3.8) is 0 Å². The molecule has 8 amide bonds. The summed E-state index contributed by atoms with van der Waals surface area (Å²) < 4.78 is 1.57. The standard InChI is InChI=1S/C45H58ClN13O8/c1-3-24(2)39-45(67)58-23-29(59-22-28(56-57-59)16-25-11-13-27(46)14-12-25)18-36(58)44(66)54-34(17-26-21-51-32-9-5-4-8-30(26)32)42(64)52-33(40(49)62)10-6-7-15-50-38(61)19-31(47)41(63)53-35(20-37(48)60)43(65)55-39/h4-5,8-9,11-14,21-22,24,29,31,33-36,39,51H,3,6-7,10,15-20,23,47H2,1-2H3,(H2,48,60)(H2,49,62)(H,50,61)(H,52,64)(H,53,63)(H,54,66)(H,55,65)/t24-,29-,31-,33-,34-,35-,36-,39-/m0/s1. The number of carbonyl (C=O) groups is 8. The summed E-state index contributed by atoms with van der Waals surface area (Å²) in [5.41, 5.74) is 20.3. The van der Waals surface area contributed by atoms with Crippen LogP contribution in [0.2, 0.25) is 5.02 Å². The smallest absolute Gasteiger partial charge is 0.246 e. The Kier molecular flexibility index (Phi) is 16.7. The number of nitrogens with one attached hydrogen (secondary N) is 6. The van der Waals surface area contributed by atoms with Gasteiger partial charge in [-0.2, -0.15) is 0 Å². The topological polar surface area (TPSA) is 325 Å². The molecule has 0 unspecified atom stereocenters. The number of hydrogen-bond donors (Lipinski definition) is 9. The van der Waals surface area contributed by atoms with Gasteiger partial charge in [-0.05, 0) is 54.5 Å². The molecule has 2 aromatic heterocycles. The second kappa shape index (κ2) is 22.6. The highest BCUT2D eigenvalue weighted by Crippen LogP contribution is 2.30. The summed E-state index contributed by atoms with van der Waals surface area (Å²) in [7, 11) is 0. The molecule has 2 aliphatic heterocycles. The van der Waals surface area contributed by atoms with Crippen molar-refractivity contribution in [2.75, 3.05) is 13.1 Å². The third-order valence-electron chi connectivity index (χ3n) is 12.3. The highest BCUT2D eigenvalue weighted by Gasteiger charge is 2.45. The molecule has 2 aliphatic rings. The number of aromatic amines is 1. The van der Waals surface area contributed by atoms with Gasteiger partial charge in [0.15, 0.2) is 0 Å². The van der Waals surface area contributed by atoms with E-state index in [9.17, 15) is 38.4 Å². The van der Waals surface area contributed by atoms with E-state index < -0.39 is 108 Å². The maximum atomic E-state index is 15.0. The molecule has 6 rings (SSSR count). The summed E-state index contributed by atoms with van der Waals surface area (Å²) in [6.07, 6.45) is 3.84. The Balaban J connectivity index is 1.37. The molecular formula is C45H58ClN13O8. The fraction of sp³-hybridized carbons (Fsp3) is 0.467. The first kappa shape index (κ1) is 49.6. The molecule has 4 heterocycles. The summed E-state index contributed by atoms with van der Waals surface area (Å²) in [4.78, 5) is 114. The number of halogens is 1. The van der Waals surface area contributed by atoms with Gasteiger partial charge < -0.3 is 53.7 Å². The average molecular weight is 944 g/mol. The number of nitrogens with two attached hydrogens (primary N) is 3. The second-order valence-electron chi connectivity index (χ2n) is 17.2. The van der Waals surface area contributed by atoms with Crippen LogP contribution < -0.4 is 43.8 Å². The highest BCUT2D eigenvalue weighted by molar-refractivity contribution is 6.30. The molecule has 67 heavy (non-hydrogen) atoms. The quantitative estimate of drug-likeness (QED) is 0.0999. The monoisotopic (exact) mass is 943 g/mol. The van der Waals surface area contributed by atoms with Crippen LogP contribution >= 0.6 is 11.6 Å². The Morgan fingerprint density at radius 3 is 2.33 bits per heavy atom. The van der Waals surface area contributed by atoms with E-state index in [1.165, 1.54) is 4.90 Å². The van der Waals surface area contributed by atoms with Gasteiger partial charge in [-0.3, -0.25) is 38.4 Å². The van der Waals surface area contributed by atoms with Crippen molar-refractivity contribution in [1.29, 1.82) is 0 Å². The zero-order chi connectivity index (χ0) is 48.4.